The molecule has 0 radical (unpaired) electrons. The number of amides is 2. The molecule has 0 saturated carbocycles. The second-order valence-corrected chi connectivity index (χ2v) is 7.88. The summed E-state index contributed by atoms with van der Waals surface area (Å²) in [5, 5.41) is 4.00. The number of hydrogen-bond acceptors (Lipinski definition) is 3. The van der Waals surface area contributed by atoms with Gasteiger partial charge in [0.25, 0.3) is 5.91 Å². The predicted octanol–water partition coefficient (Wildman–Crippen LogP) is 2.64. The highest BCUT2D eigenvalue weighted by Gasteiger charge is 2.28. The first-order valence-electron chi connectivity index (χ1n) is 10.4. The summed E-state index contributed by atoms with van der Waals surface area (Å²) >= 11 is 0. The molecule has 1 fully saturated rings. The highest BCUT2D eigenvalue weighted by molar-refractivity contribution is 6.07. The first kappa shape index (κ1) is 20.2. The van der Waals surface area contributed by atoms with Gasteiger partial charge in [-0.05, 0) is 18.6 Å². The molecule has 3 aromatic rings. The Hall–Kier alpha value is -3.12. The molecule has 1 aromatic heterocycles. The van der Waals surface area contributed by atoms with Gasteiger partial charge in [0.2, 0.25) is 5.91 Å². The number of carbonyl (C=O) groups is 2. The molecule has 6 nitrogen and oxygen atoms in total. The largest absolute Gasteiger partial charge is 0.351 e. The van der Waals surface area contributed by atoms with Crippen LogP contribution in [0.1, 0.15) is 22.8 Å². The average Bonchev–Trinajstić information content (AvgIpc) is 3.14. The highest BCUT2D eigenvalue weighted by Crippen LogP contribution is 2.22. The molecular formula is C24H28N4O2. The van der Waals surface area contributed by atoms with Gasteiger partial charge in [-0.1, -0.05) is 48.5 Å². The molecule has 30 heavy (non-hydrogen) atoms. The molecule has 1 N–H and O–H groups in total. The third kappa shape index (κ3) is 4.09. The summed E-state index contributed by atoms with van der Waals surface area (Å²) in [4.78, 5) is 29.7. The van der Waals surface area contributed by atoms with Gasteiger partial charge >= 0.3 is 0 Å². The molecule has 0 bridgehead atoms. The Balaban J connectivity index is 1.34. The maximum atomic E-state index is 13.1. The minimum Gasteiger partial charge on any atom is -0.351 e. The zero-order valence-electron chi connectivity index (χ0n) is 17.5. The monoisotopic (exact) mass is 404 g/mol. The van der Waals surface area contributed by atoms with Crippen LogP contribution in [-0.4, -0.2) is 58.4 Å². The van der Waals surface area contributed by atoms with Crippen molar-refractivity contribution in [3.8, 4) is 0 Å². The van der Waals surface area contributed by atoms with Crippen molar-refractivity contribution in [2.24, 2.45) is 7.05 Å². The van der Waals surface area contributed by atoms with Crippen molar-refractivity contribution in [3.05, 3.63) is 71.9 Å². The van der Waals surface area contributed by atoms with Crippen LogP contribution in [0.5, 0.6) is 0 Å². The molecule has 2 aromatic carbocycles. The number of para-hydroxylation sites is 1. The standard InChI is InChI=1S/C24H28N4O2/c1-18(23(29)25-16-19-8-4-3-5-9-19)27-12-14-28(15-13-27)24(30)21-17-26(2)22-11-7-6-10-20(21)22/h3-11,17-18H,12-16H2,1-2H3,(H,25,29). The van der Waals surface area contributed by atoms with Crippen LogP contribution < -0.4 is 5.32 Å². The summed E-state index contributed by atoms with van der Waals surface area (Å²) in [6, 6.07) is 17.7. The minimum absolute atomic E-state index is 0.0210. The first-order chi connectivity index (χ1) is 14.5. The van der Waals surface area contributed by atoms with E-state index in [0.717, 1.165) is 22.0 Å². The van der Waals surface area contributed by atoms with Gasteiger partial charge in [0, 0.05) is 56.9 Å². The molecule has 2 amide bonds. The fourth-order valence-corrected chi connectivity index (χ4v) is 4.09. The lowest BCUT2D eigenvalue weighted by molar-refractivity contribution is -0.126. The van der Waals surface area contributed by atoms with Gasteiger partial charge < -0.3 is 14.8 Å². The number of hydrogen-bond donors (Lipinski definition) is 1. The first-order valence-corrected chi connectivity index (χ1v) is 10.4. The molecule has 6 heteroatoms. The lowest BCUT2D eigenvalue weighted by Gasteiger charge is -2.37. The zero-order valence-corrected chi connectivity index (χ0v) is 17.5. The number of piperazine rings is 1. The molecule has 1 aliphatic heterocycles. The van der Waals surface area contributed by atoms with E-state index in [4.69, 9.17) is 0 Å². The van der Waals surface area contributed by atoms with Crippen molar-refractivity contribution < 1.29 is 9.59 Å². The van der Waals surface area contributed by atoms with Crippen LogP contribution >= 0.6 is 0 Å². The third-order valence-corrected chi connectivity index (χ3v) is 5.97. The van der Waals surface area contributed by atoms with Crippen molar-refractivity contribution >= 4 is 22.7 Å². The van der Waals surface area contributed by atoms with E-state index in [1.165, 1.54) is 0 Å². The SMILES string of the molecule is CC(C(=O)NCc1ccccc1)N1CCN(C(=O)c2cn(C)c3ccccc23)CC1. The van der Waals surface area contributed by atoms with Crippen molar-refractivity contribution in [1.82, 2.24) is 19.7 Å². The molecular weight excluding hydrogens is 376 g/mol. The molecule has 156 valence electrons. The molecule has 1 aliphatic rings. The van der Waals surface area contributed by atoms with Gasteiger partial charge in [-0.25, -0.2) is 0 Å². The highest BCUT2D eigenvalue weighted by atomic mass is 16.2. The van der Waals surface area contributed by atoms with Crippen LogP contribution in [-0.2, 0) is 18.4 Å². The number of aryl methyl sites for hydroxylation is 1. The Morgan fingerprint density at radius 1 is 0.967 bits per heavy atom. The molecule has 0 spiro atoms. The smallest absolute Gasteiger partial charge is 0.256 e. The average molecular weight is 405 g/mol. The van der Waals surface area contributed by atoms with E-state index in [0.29, 0.717) is 32.7 Å². The van der Waals surface area contributed by atoms with Gasteiger partial charge in [0.15, 0.2) is 0 Å². The summed E-state index contributed by atoms with van der Waals surface area (Å²) < 4.78 is 2.00. The maximum Gasteiger partial charge on any atom is 0.256 e. The minimum atomic E-state index is -0.219. The Kier molecular flexibility index (Phi) is 5.86. The summed E-state index contributed by atoms with van der Waals surface area (Å²) in [5.41, 5.74) is 2.89. The van der Waals surface area contributed by atoms with E-state index >= 15 is 0 Å². The summed E-state index contributed by atoms with van der Waals surface area (Å²) in [5.74, 6) is 0.0836. The normalized spacial score (nSPS) is 15.9. The number of aromatic nitrogens is 1. The molecule has 1 saturated heterocycles. The van der Waals surface area contributed by atoms with Crippen LogP contribution in [0.4, 0.5) is 0 Å². The molecule has 4 rings (SSSR count). The van der Waals surface area contributed by atoms with Gasteiger partial charge in [-0.3, -0.25) is 14.5 Å². The van der Waals surface area contributed by atoms with E-state index in [1.807, 2.05) is 84.2 Å². The Morgan fingerprint density at radius 3 is 2.37 bits per heavy atom. The number of benzene rings is 2. The number of carbonyl (C=O) groups excluding carboxylic acids is 2. The van der Waals surface area contributed by atoms with Crippen LogP contribution in [0, 0.1) is 0 Å². The summed E-state index contributed by atoms with van der Waals surface area (Å²) in [7, 11) is 1.97. The van der Waals surface area contributed by atoms with Gasteiger partial charge in [-0.2, -0.15) is 0 Å². The topological polar surface area (TPSA) is 57.6 Å². The third-order valence-electron chi connectivity index (χ3n) is 5.97. The Labute approximate surface area is 177 Å². The lowest BCUT2D eigenvalue weighted by atomic mass is 10.1. The number of rotatable bonds is 5. The Morgan fingerprint density at radius 2 is 1.63 bits per heavy atom. The van der Waals surface area contributed by atoms with Gasteiger partial charge in [-0.15, -0.1) is 0 Å². The number of fused-ring (bicyclic) bond motifs is 1. The molecule has 0 aliphatic carbocycles. The molecule has 1 atom stereocenters. The van der Waals surface area contributed by atoms with Crippen LogP contribution in [0.15, 0.2) is 60.8 Å². The van der Waals surface area contributed by atoms with E-state index in [1.54, 1.807) is 0 Å². The zero-order chi connectivity index (χ0) is 21.1. The fraction of sp³-hybridized carbons (Fsp3) is 0.333. The van der Waals surface area contributed by atoms with Crippen molar-refractivity contribution in [3.63, 3.8) is 0 Å². The maximum absolute atomic E-state index is 13.1. The number of nitrogens with one attached hydrogen (secondary N) is 1. The van der Waals surface area contributed by atoms with Crippen molar-refractivity contribution in [2.45, 2.75) is 19.5 Å². The fourth-order valence-electron chi connectivity index (χ4n) is 4.09. The summed E-state index contributed by atoms with van der Waals surface area (Å²) in [6.07, 6.45) is 1.92. The van der Waals surface area contributed by atoms with E-state index in [2.05, 4.69) is 10.2 Å². The van der Waals surface area contributed by atoms with Gasteiger partial charge in [0.1, 0.15) is 0 Å². The Bertz CT molecular complexity index is 1040. The molecule has 1 unspecified atom stereocenters. The predicted molar refractivity (Wildman–Crippen MR) is 118 cm³/mol. The van der Waals surface area contributed by atoms with Crippen molar-refractivity contribution in [1.29, 1.82) is 0 Å². The van der Waals surface area contributed by atoms with Crippen LogP contribution in [0.25, 0.3) is 10.9 Å². The van der Waals surface area contributed by atoms with Crippen LogP contribution in [0.2, 0.25) is 0 Å². The van der Waals surface area contributed by atoms with Gasteiger partial charge in [0.05, 0.1) is 11.6 Å². The number of nitrogens with zero attached hydrogens (tertiary/aromatic N) is 3. The van der Waals surface area contributed by atoms with Crippen molar-refractivity contribution in [2.75, 3.05) is 26.2 Å². The molecule has 2 heterocycles. The second-order valence-electron chi connectivity index (χ2n) is 7.88. The van der Waals surface area contributed by atoms with Crippen LogP contribution in [0.3, 0.4) is 0 Å². The van der Waals surface area contributed by atoms with E-state index in [-0.39, 0.29) is 17.9 Å². The lowest BCUT2D eigenvalue weighted by Crippen LogP contribution is -2.54. The van der Waals surface area contributed by atoms with E-state index in [9.17, 15) is 9.59 Å². The second kappa shape index (κ2) is 8.71. The van der Waals surface area contributed by atoms with E-state index < -0.39 is 0 Å². The quantitative estimate of drug-likeness (QED) is 0.711. The summed E-state index contributed by atoms with van der Waals surface area (Å²) in [6.45, 7) is 5.09.